The number of thiazole rings is 1. The van der Waals surface area contributed by atoms with E-state index in [1.165, 1.54) is 15.3 Å². The van der Waals surface area contributed by atoms with Gasteiger partial charge in [-0.15, -0.1) is 22.7 Å². The van der Waals surface area contributed by atoms with Crippen molar-refractivity contribution in [2.45, 2.75) is 26.0 Å². The summed E-state index contributed by atoms with van der Waals surface area (Å²) in [5.74, 6) is 0.111. The standard InChI is InChI=1S/C16H19N3O2S2/c1-11-8-17-16(23-11)19-5-6-21-13(10-19)15(20)18-4-2-14-12(9-18)3-7-22-14/h3,7-8,13H,2,4-6,9-10H2,1H3. The van der Waals surface area contributed by atoms with E-state index in [-0.39, 0.29) is 12.0 Å². The summed E-state index contributed by atoms with van der Waals surface area (Å²) in [6.07, 6.45) is 2.46. The number of hydrogen-bond donors (Lipinski definition) is 0. The molecule has 1 atom stereocenters. The van der Waals surface area contributed by atoms with Gasteiger partial charge in [0.15, 0.2) is 11.2 Å². The third-order valence-corrected chi connectivity index (χ3v) is 6.34. The molecule has 0 aliphatic carbocycles. The molecule has 0 N–H and O–H groups in total. The predicted octanol–water partition coefficient (Wildman–Crippen LogP) is 2.30. The number of aryl methyl sites for hydroxylation is 1. The number of aromatic nitrogens is 1. The number of morpholine rings is 1. The Labute approximate surface area is 143 Å². The SMILES string of the molecule is Cc1cnc(N2CCOC(C(=O)N3CCc4sccc4C3)C2)s1. The van der Waals surface area contributed by atoms with E-state index in [9.17, 15) is 4.79 Å². The van der Waals surface area contributed by atoms with Crippen LogP contribution in [0, 0.1) is 6.92 Å². The number of amides is 1. The van der Waals surface area contributed by atoms with Crippen LogP contribution in [-0.2, 0) is 22.5 Å². The molecule has 5 nitrogen and oxygen atoms in total. The van der Waals surface area contributed by atoms with Crippen LogP contribution in [0.15, 0.2) is 17.6 Å². The van der Waals surface area contributed by atoms with Crippen LogP contribution >= 0.6 is 22.7 Å². The predicted molar refractivity (Wildman–Crippen MR) is 92.2 cm³/mol. The number of nitrogens with zero attached hydrogens (tertiary/aromatic N) is 3. The Hall–Kier alpha value is -1.44. The summed E-state index contributed by atoms with van der Waals surface area (Å²) in [6, 6.07) is 2.13. The third kappa shape index (κ3) is 3.00. The third-order valence-electron chi connectivity index (χ3n) is 4.34. The monoisotopic (exact) mass is 349 g/mol. The van der Waals surface area contributed by atoms with Gasteiger partial charge in [-0.1, -0.05) is 0 Å². The molecule has 122 valence electrons. The Bertz CT molecular complexity index is 712. The number of thiophene rings is 1. The van der Waals surface area contributed by atoms with Gasteiger partial charge in [0.05, 0.1) is 13.2 Å². The molecule has 2 aliphatic heterocycles. The Morgan fingerprint density at radius 1 is 1.43 bits per heavy atom. The van der Waals surface area contributed by atoms with Crippen LogP contribution in [-0.4, -0.2) is 48.1 Å². The summed E-state index contributed by atoms with van der Waals surface area (Å²) >= 11 is 3.46. The second-order valence-electron chi connectivity index (χ2n) is 5.94. The molecule has 1 unspecified atom stereocenters. The van der Waals surface area contributed by atoms with Gasteiger partial charge in [-0.2, -0.15) is 0 Å². The van der Waals surface area contributed by atoms with Gasteiger partial charge in [0.25, 0.3) is 5.91 Å². The first-order valence-corrected chi connectivity index (χ1v) is 9.53. The Morgan fingerprint density at radius 2 is 2.35 bits per heavy atom. The van der Waals surface area contributed by atoms with Gasteiger partial charge in [0.1, 0.15) is 0 Å². The molecule has 0 bridgehead atoms. The minimum atomic E-state index is -0.381. The van der Waals surface area contributed by atoms with Crippen molar-refractivity contribution < 1.29 is 9.53 Å². The van der Waals surface area contributed by atoms with Crippen molar-refractivity contribution in [2.24, 2.45) is 0 Å². The summed E-state index contributed by atoms with van der Waals surface area (Å²) in [5.41, 5.74) is 1.29. The molecule has 0 radical (unpaired) electrons. The van der Waals surface area contributed by atoms with Gasteiger partial charge in [-0.25, -0.2) is 4.98 Å². The second kappa shape index (κ2) is 6.22. The van der Waals surface area contributed by atoms with Crippen molar-refractivity contribution in [1.29, 1.82) is 0 Å². The zero-order valence-electron chi connectivity index (χ0n) is 13.0. The van der Waals surface area contributed by atoms with E-state index in [4.69, 9.17) is 4.74 Å². The lowest BCUT2D eigenvalue weighted by molar-refractivity contribution is -0.145. The molecule has 4 heterocycles. The van der Waals surface area contributed by atoms with Crippen molar-refractivity contribution in [1.82, 2.24) is 9.88 Å². The molecule has 2 aromatic rings. The van der Waals surface area contributed by atoms with Crippen LogP contribution in [0.3, 0.4) is 0 Å². The van der Waals surface area contributed by atoms with E-state index in [0.717, 1.165) is 24.6 Å². The Balaban J connectivity index is 1.44. The topological polar surface area (TPSA) is 45.7 Å². The number of ether oxygens (including phenoxy) is 1. The van der Waals surface area contributed by atoms with E-state index in [0.29, 0.717) is 19.7 Å². The van der Waals surface area contributed by atoms with Gasteiger partial charge >= 0.3 is 0 Å². The highest BCUT2D eigenvalue weighted by molar-refractivity contribution is 7.15. The maximum absolute atomic E-state index is 12.8. The fraction of sp³-hybridized carbons (Fsp3) is 0.500. The van der Waals surface area contributed by atoms with Crippen molar-refractivity contribution in [3.05, 3.63) is 33.0 Å². The molecular weight excluding hydrogens is 330 g/mol. The number of hydrogen-bond acceptors (Lipinski definition) is 6. The van der Waals surface area contributed by atoms with E-state index in [2.05, 4.69) is 28.3 Å². The number of rotatable bonds is 2. The Kier molecular flexibility index (Phi) is 4.09. The normalized spacial score (nSPS) is 21.3. The van der Waals surface area contributed by atoms with Crippen LogP contribution in [0.25, 0.3) is 0 Å². The van der Waals surface area contributed by atoms with Crippen LogP contribution in [0.4, 0.5) is 5.13 Å². The molecule has 2 aromatic heterocycles. The molecule has 1 saturated heterocycles. The number of anilines is 1. The highest BCUT2D eigenvalue weighted by atomic mass is 32.1. The zero-order chi connectivity index (χ0) is 15.8. The zero-order valence-corrected chi connectivity index (χ0v) is 14.7. The summed E-state index contributed by atoms with van der Waals surface area (Å²) in [4.78, 5) is 24.0. The quantitative estimate of drug-likeness (QED) is 0.835. The molecule has 23 heavy (non-hydrogen) atoms. The number of carbonyl (C=O) groups excluding carboxylic acids is 1. The molecule has 7 heteroatoms. The lowest BCUT2D eigenvalue weighted by Gasteiger charge is -2.36. The summed E-state index contributed by atoms with van der Waals surface area (Å²) < 4.78 is 5.77. The maximum Gasteiger partial charge on any atom is 0.253 e. The van der Waals surface area contributed by atoms with E-state index < -0.39 is 0 Å². The minimum absolute atomic E-state index is 0.111. The van der Waals surface area contributed by atoms with Crippen LogP contribution in [0.5, 0.6) is 0 Å². The molecule has 1 fully saturated rings. The van der Waals surface area contributed by atoms with Crippen molar-refractivity contribution in [3.63, 3.8) is 0 Å². The largest absolute Gasteiger partial charge is 0.365 e. The first kappa shape index (κ1) is 15.1. The summed E-state index contributed by atoms with van der Waals surface area (Å²) in [6.45, 7) is 5.53. The van der Waals surface area contributed by atoms with Gasteiger partial charge in [-0.3, -0.25) is 4.79 Å². The maximum atomic E-state index is 12.8. The molecule has 4 rings (SSSR count). The summed E-state index contributed by atoms with van der Waals surface area (Å²) in [5, 5.41) is 3.10. The van der Waals surface area contributed by atoms with Crippen molar-refractivity contribution >= 4 is 33.7 Å². The fourth-order valence-corrected chi connectivity index (χ4v) is 4.79. The Morgan fingerprint density at radius 3 is 3.17 bits per heavy atom. The average Bonchev–Trinajstić information content (AvgIpc) is 3.22. The van der Waals surface area contributed by atoms with Gasteiger partial charge < -0.3 is 14.5 Å². The van der Waals surface area contributed by atoms with Crippen molar-refractivity contribution in [3.8, 4) is 0 Å². The lowest BCUT2D eigenvalue weighted by Crippen LogP contribution is -2.51. The highest BCUT2D eigenvalue weighted by Crippen LogP contribution is 2.27. The van der Waals surface area contributed by atoms with E-state index in [1.54, 1.807) is 22.7 Å². The van der Waals surface area contributed by atoms with Crippen LogP contribution in [0.1, 0.15) is 15.3 Å². The van der Waals surface area contributed by atoms with Crippen LogP contribution < -0.4 is 4.90 Å². The molecule has 1 amide bonds. The van der Waals surface area contributed by atoms with Crippen LogP contribution in [0.2, 0.25) is 0 Å². The number of fused-ring (bicyclic) bond motifs is 1. The van der Waals surface area contributed by atoms with E-state index in [1.807, 2.05) is 11.1 Å². The molecular formula is C16H19N3O2S2. The number of carbonyl (C=O) groups is 1. The first-order valence-electron chi connectivity index (χ1n) is 7.84. The minimum Gasteiger partial charge on any atom is -0.365 e. The second-order valence-corrected chi connectivity index (χ2v) is 8.15. The fourth-order valence-electron chi connectivity index (χ4n) is 3.10. The van der Waals surface area contributed by atoms with E-state index >= 15 is 0 Å². The lowest BCUT2D eigenvalue weighted by atomic mass is 10.1. The highest BCUT2D eigenvalue weighted by Gasteiger charge is 2.32. The van der Waals surface area contributed by atoms with Crippen molar-refractivity contribution in [2.75, 3.05) is 31.1 Å². The molecule has 0 saturated carbocycles. The average molecular weight is 349 g/mol. The van der Waals surface area contributed by atoms with Gasteiger partial charge in [-0.05, 0) is 30.4 Å². The van der Waals surface area contributed by atoms with Gasteiger partial charge in [0, 0.05) is 35.6 Å². The summed E-state index contributed by atoms with van der Waals surface area (Å²) in [7, 11) is 0. The first-order chi connectivity index (χ1) is 11.2. The molecule has 0 spiro atoms. The molecule has 0 aromatic carbocycles. The molecule has 2 aliphatic rings. The smallest absolute Gasteiger partial charge is 0.253 e. The van der Waals surface area contributed by atoms with Gasteiger partial charge in [0.2, 0.25) is 0 Å².